The standard InChI is InChI=1S/C7H4N3.C3H7.Y/c1-2-8-3-6-4-9-5-10-7(1)6;1-3-2;/h1-3,5H;3H,1-2H3;/q2*-1;. The Bertz CT molecular complexity index is 300. The molecule has 0 amide bonds. The van der Waals surface area contributed by atoms with E-state index in [-0.39, 0.29) is 32.7 Å². The molecule has 0 saturated heterocycles. The molecule has 2 aromatic heterocycles. The van der Waals surface area contributed by atoms with E-state index in [0.717, 1.165) is 10.9 Å². The molecule has 2 heterocycles. The van der Waals surface area contributed by atoms with Crippen molar-refractivity contribution in [1.82, 2.24) is 15.0 Å². The molecule has 0 aromatic carbocycles. The van der Waals surface area contributed by atoms with Crippen LogP contribution in [0.2, 0.25) is 0 Å². The summed E-state index contributed by atoms with van der Waals surface area (Å²) in [5, 5.41) is 0.852. The van der Waals surface area contributed by atoms with Gasteiger partial charge in [0, 0.05) is 45.2 Å². The minimum Gasteiger partial charge on any atom is -0.341 e. The van der Waals surface area contributed by atoms with E-state index >= 15 is 0 Å². The van der Waals surface area contributed by atoms with Gasteiger partial charge in [0.05, 0.1) is 0 Å². The molecule has 0 N–H and O–H groups in total. The first-order chi connectivity index (χ1) is 6.38. The first kappa shape index (κ1) is 13.6. The van der Waals surface area contributed by atoms with E-state index in [2.05, 4.69) is 21.1 Å². The van der Waals surface area contributed by atoms with Crippen LogP contribution in [0.5, 0.6) is 0 Å². The van der Waals surface area contributed by atoms with Crippen molar-refractivity contribution in [3.05, 3.63) is 37.4 Å². The molecule has 0 spiro atoms. The van der Waals surface area contributed by atoms with Gasteiger partial charge in [-0.1, -0.05) is 11.5 Å². The Hall–Kier alpha value is -0.406. The van der Waals surface area contributed by atoms with Crippen LogP contribution in [-0.2, 0) is 32.7 Å². The molecule has 14 heavy (non-hydrogen) atoms. The van der Waals surface area contributed by atoms with Crippen molar-refractivity contribution in [2.75, 3.05) is 0 Å². The van der Waals surface area contributed by atoms with Gasteiger partial charge in [-0.3, -0.25) is 0 Å². The Morgan fingerprint density at radius 3 is 2.71 bits per heavy atom. The van der Waals surface area contributed by atoms with Crippen molar-refractivity contribution >= 4 is 10.9 Å². The quantitative estimate of drug-likeness (QED) is 0.682. The van der Waals surface area contributed by atoms with Crippen LogP contribution >= 0.6 is 0 Å². The number of pyridine rings is 1. The molecule has 0 aliphatic carbocycles. The van der Waals surface area contributed by atoms with Gasteiger partial charge in [0.2, 0.25) is 0 Å². The number of hydrogen-bond donors (Lipinski definition) is 0. The summed E-state index contributed by atoms with van der Waals surface area (Å²) in [5.41, 5.74) is 0.880. The predicted molar refractivity (Wildman–Crippen MR) is 51.8 cm³/mol. The van der Waals surface area contributed by atoms with Gasteiger partial charge < -0.3 is 21.4 Å². The summed E-state index contributed by atoms with van der Waals surface area (Å²) >= 11 is 0. The molecule has 0 aliphatic heterocycles. The zero-order valence-electron chi connectivity index (χ0n) is 8.31. The van der Waals surface area contributed by atoms with Gasteiger partial charge in [-0.2, -0.15) is 13.8 Å². The number of fused-ring (bicyclic) bond motifs is 1. The van der Waals surface area contributed by atoms with E-state index in [1.165, 1.54) is 6.33 Å². The summed E-state index contributed by atoms with van der Waals surface area (Å²) < 4.78 is 0. The molecule has 0 fully saturated rings. The molecule has 0 saturated carbocycles. The number of aromatic nitrogens is 3. The number of nitrogens with zero attached hydrogens (tertiary/aromatic N) is 3. The van der Waals surface area contributed by atoms with Gasteiger partial charge in [-0.25, -0.2) is 0 Å². The van der Waals surface area contributed by atoms with Crippen molar-refractivity contribution in [2.24, 2.45) is 0 Å². The van der Waals surface area contributed by atoms with Crippen molar-refractivity contribution < 1.29 is 32.7 Å². The van der Waals surface area contributed by atoms with Crippen LogP contribution in [0.25, 0.3) is 10.9 Å². The van der Waals surface area contributed by atoms with Crippen LogP contribution in [-0.4, -0.2) is 15.0 Å². The minimum absolute atomic E-state index is 0. The van der Waals surface area contributed by atoms with Crippen LogP contribution in [0, 0.1) is 12.6 Å². The smallest absolute Gasteiger partial charge is 0.0295 e. The normalized spacial score (nSPS) is 8.43. The zero-order chi connectivity index (χ0) is 9.52. The Kier molecular flexibility index (Phi) is 7.72. The zero-order valence-corrected chi connectivity index (χ0v) is 11.1. The summed E-state index contributed by atoms with van der Waals surface area (Å²) in [6.07, 6.45) is 9.64. The van der Waals surface area contributed by atoms with Gasteiger partial charge in [0.1, 0.15) is 0 Å². The molecule has 71 valence electrons. The topological polar surface area (TPSA) is 38.7 Å². The fraction of sp³-hybridized carbons (Fsp3) is 0.200. The van der Waals surface area contributed by atoms with E-state index in [4.69, 9.17) is 0 Å². The van der Waals surface area contributed by atoms with E-state index in [1.54, 1.807) is 12.4 Å². The first-order valence-corrected chi connectivity index (χ1v) is 4.05. The Labute approximate surface area is 109 Å². The molecule has 2 rings (SSSR count). The van der Waals surface area contributed by atoms with Gasteiger partial charge in [0.15, 0.2) is 0 Å². The summed E-state index contributed by atoms with van der Waals surface area (Å²) in [6, 6.07) is 1.83. The monoisotopic (exact) mass is 262 g/mol. The second-order valence-electron chi connectivity index (χ2n) is 2.46. The maximum Gasteiger partial charge on any atom is 0.0295 e. The average molecular weight is 262 g/mol. The van der Waals surface area contributed by atoms with Crippen LogP contribution in [0.3, 0.4) is 0 Å². The summed E-state index contributed by atoms with van der Waals surface area (Å²) in [6.45, 7) is 4.00. The predicted octanol–water partition coefficient (Wildman–Crippen LogP) is 2.05. The average Bonchev–Trinajstić information content (AvgIpc) is 2.19. The molecule has 1 radical (unpaired) electrons. The summed E-state index contributed by atoms with van der Waals surface area (Å²) in [4.78, 5) is 11.6. The minimum atomic E-state index is 0. The Morgan fingerprint density at radius 1 is 1.36 bits per heavy atom. The van der Waals surface area contributed by atoms with Crippen molar-refractivity contribution in [3.8, 4) is 0 Å². The maximum atomic E-state index is 4.00. The molecule has 2 aromatic rings. The van der Waals surface area contributed by atoms with E-state index < -0.39 is 0 Å². The maximum absolute atomic E-state index is 4.00. The SMILES string of the molecule is C[CH-]C.[Y].[c-]1ncnc2ccncc12. The van der Waals surface area contributed by atoms with Gasteiger partial charge in [-0.15, -0.1) is 0 Å². The second kappa shape index (κ2) is 7.95. The second-order valence-corrected chi connectivity index (χ2v) is 2.46. The van der Waals surface area contributed by atoms with E-state index in [0.29, 0.717) is 0 Å². The molecular formula is C10H11N3Y-2. The first-order valence-electron chi connectivity index (χ1n) is 4.05. The van der Waals surface area contributed by atoms with E-state index in [9.17, 15) is 0 Å². The third-order valence-electron chi connectivity index (χ3n) is 1.24. The number of rotatable bonds is 0. The van der Waals surface area contributed by atoms with Crippen LogP contribution in [0.15, 0.2) is 24.8 Å². The molecular weight excluding hydrogens is 251 g/mol. The van der Waals surface area contributed by atoms with Gasteiger partial charge >= 0.3 is 0 Å². The van der Waals surface area contributed by atoms with Crippen molar-refractivity contribution in [2.45, 2.75) is 13.8 Å². The third kappa shape index (κ3) is 4.20. The van der Waals surface area contributed by atoms with E-state index in [1.807, 2.05) is 26.3 Å². The van der Waals surface area contributed by atoms with Crippen molar-refractivity contribution in [1.29, 1.82) is 0 Å². The summed E-state index contributed by atoms with van der Waals surface area (Å²) in [5.74, 6) is 0. The number of hydrogen-bond acceptors (Lipinski definition) is 3. The van der Waals surface area contributed by atoms with Crippen LogP contribution in [0.1, 0.15) is 13.8 Å². The fourth-order valence-corrected chi connectivity index (χ4v) is 0.775. The van der Waals surface area contributed by atoms with Gasteiger partial charge in [-0.05, 0) is 17.9 Å². The molecule has 0 aliphatic rings. The fourth-order valence-electron chi connectivity index (χ4n) is 0.775. The van der Waals surface area contributed by atoms with Crippen LogP contribution < -0.4 is 0 Å². The molecule has 3 nitrogen and oxygen atoms in total. The Morgan fingerprint density at radius 2 is 2.07 bits per heavy atom. The van der Waals surface area contributed by atoms with Crippen LogP contribution in [0.4, 0.5) is 0 Å². The third-order valence-corrected chi connectivity index (χ3v) is 1.24. The Balaban J connectivity index is 0.000000381. The molecule has 0 bridgehead atoms. The van der Waals surface area contributed by atoms with Gasteiger partial charge in [0.25, 0.3) is 0 Å². The molecule has 0 atom stereocenters. The molecule has 0 unspecified atom stereocenters. The largest absolute Gasteiger partial charge is 0.341 e. The van der Waals surface area contributed by atoms with Crippen molar-refractivity contribution in [3.63, 3.8) is 0 Å². The summed E-state index contributed by atoms with van der Waals surface area (Å²) in [7, 11) is 0. The molecule has 4 heteroatoms.